The standard InChI is InChI=1S/C10H22ClN/c1-8(2)5-6-12-7-10(11)9(3)4/h8-10,12H,5-7H2,1-4H3. The molecule has 0 radical (unpaired) electrons. The fraction of sp³-hybridized carbons (Fsp3) is 1.00. The summed E-state index contributed by atoms with van der Waals surface area (Å²) in [7, 11) is 0. The summed E-state index contributed by atoms with van der Waals surface area (Å²) in [6.07, 6.45) is 1.24. The van der Waals surface area contributed by atoms with E-state index in [1.807, 2.05) is 0 Å². The van der Waals surface area contributed by atoms with E-state index in [1.165, 1.54) is 6.42 Å². The van der Waals surface area contributed by atoms with E-state index in [9.17, 15) is 0 Å². The zero-order valence-electron chi connectivity index (χ0n) is 8.73. The SMILES string of the molecule is CC(C)CCNCC(Cl)C(C)C. The van der Waals surface area contributed by atoms with Gasteiger partial charge < -0.3 is 5.32 Å². The van der Waals surface area contributed by atoms with Crippen LogP contribution in [-0.4, -0.2) is 18.5 Å². The summed E-state index contributed by atoms with van der Waals surface area (Å²) in [5.74, 6) is 1.35. The highest BCUT2D eigenvalue weighted by molar-refractivity contribution is 6.20. The van der Waals surface area contributed by atoms with Gasteiger partial charge in [-0.2, -0.15) is 0 Å². The van der Waals surface area contributed by atoms with Crippen molar-refractivity contribution in [3.63, 3.8) is 0 Å². The Kier molecular flexibility index (Phi) is 6.87. The quantitative estimate of drug-likeness (QED) is 0.503. The molecule has 0 saturated carbocycles. The van der Waals surface area contributed by atoms with Crippen molar-refractivity contribution in [1.29, 1.82) is 0 Å². The second-order valence-corrected chi connectivity index (χ2v) is 4.71. The van der Waals surface area contributed by atoms with Gasteiger partial charge >= 0.3 is 0 Å². The highest BCUT2D eigenvalue weighted by atomic mass is 35.5. The molecule has 0 aliphatic heterocycles. The molecule has 1 nitrogen and oxygen atoms in total. The van der Waals surface area contributed by atoms with Gasteiger partial charge in [-0.05, 0) is 24.8 Å². The fourth-order valence-electron chi connectivity index (χ4n) is 0.866. The largest absolute Gasteiger partial charge is 0.315 e. The molecule has 0 saturated heterocycles. The Bertz CT molecular complexity index is 102. The van der Waals surface area contributed by atoms with E-state index in [2.05, 4.69) is 33.0 Å². The predicted molar refractivity (Wildman–Crippen MR) is 56.8 cm³/mol. The van der Waals surface area contributed by atoms with Gasteiger partial charge in [0, 0.05) is 11.9 Å². The van der Waals surface area contributed by atoms with Gasteiger partial charge in [0.25, 0.3) is 0 Å². The van der Waals surface area contributed by atoms with Crippen LogP contribution in [0, 0.1) is 11.8 Å². The van der Waals surface area contributed by atoms with Gasteiger partial charge in [-0.1, -0.05) is 27.7 Å². The minimum atomic E-state index is 0.275. The first kappa shape index (κ1) is 12.2. The van der Waals surface area contributed by atoms with Crippen LogP contribution >= 0.6 is 11.6 Å². The lowest BCUT2D eigenvalue weighted by Crippen LogP contribution is -2.27. The van der Waals surface area contributed by atoms with Gasteiger partial charge in [0.1, 0.15) is 0 Å². The lowest BCUT2D eigenvalue weighted by atomic mass is 10.1. The van der Waals surface area contributed by atoms with Gasteiger partial charge in [-0.15, -0.1) is 11.6 Å². The van der Waals surface area contributed by atoms with Crippen molar-refractivity contribution in [1.82, 2.24) is 5.32 Å². The number of alkyl halides is 1. The average Bonchev–Trinajstić information content (AvgIpc) is 1.97. The van der Waals surface area contributed by atoms with Crippen LogP contribution in [0.15, 0.2) is 0 Å². The Balaban J connectivity index is 3.20. The molecule has 1 N–H and O–H groups in total. The van der Waals surface area contributed by atoms with Gasteiger partial charge in [0.2, 0.25) is 0 Å². The maximum Gasteiger partial charge on any atom is 0.0483 e. The zero-order chi connectivity index (χ0) is 9.56. The third-order valence-electron chi connectivity index (χ3n) is 1.96. The molecule has 0 aliphatic rings. The van der Waals surface area contributed by atoms with Crippen LogP contribution in [0.4, 0.5) is 0 Å². The summed E-state index contributed by atoms with van der Waals surface area (Å²) in [5, 5.41) is 3.64. The van der Waals surface area contributed by atoms with Gasteiger partial charge in [-0.3, -0.25) is 0 Å². The summed E-state index contributed by atoms with van der Waals surface area (Å²) >= 11 is 6.07. The molecule has 0 amide bonds. The second kappa shape index (κ2) is 6.73. The van der Waals surface area contributed by atoms with E-state index in [4.69, 9.17) is 11.6 Å². The minimum absolute atomic E-state index is 0.275. The monoisotopic (exact) mass is 191 g/mol. The molecular formula is C10H22ClN. The van der Waals surface area contributed by atoms with Crippen molar-refractivity contribution in [2.75, 3.05) is 13.1 Å². The van der Waals surface area contributed by atoms with Crippen molar-refractivity contribution >= 4 is 11.6 Å². The highest BCUT2D eigenvalue weighted by Gasteiger charge is 2.07. The summed E-state index contributed by atoms with van der Waals surface area (Å²) in [5.41, 5.74) is 0. The highest BCUT2D eigenvalue weighted by Crippen LogP contribution is 2.07. The summed E-state index contributed by atoms with van der Waals surface area (Å²) in [4.78, 5) is 0. The lowest BCUT2D eigenvalue weighted by molar-refractivity contribution is 0.503. The molecule has 1 atom stereocenters. The molecule has 2 heteroatoms. The molecule has 0 aromatic rings. The van der Waals surface area contributed by atoms with E-state index in [-0.39, 0.29) is 5.38 Å². The van der Waals surface area contributed by atoms with E-state index in [0.717, 1.165) is 19.0 Å². The van der Waals surface area contributed by atoms with Crippen LogP contribution in [0.5, 0.6) is 0 Å². The number of hydrogen-bond donors (Lipinski definition) is 1. The Morgan fingerprint density at radius 3 is 2.17 bits per heavy atom. The molecule has 1 unspecified atom stereocenters. The van der Waals surface area contributed by atoms with Gasteiger partial charge in [0.15, 0.2) is 0 Å². The molecule has 0 heterocycles. The number of halogens is 1. The molecule has 0 aromatic heterocycles. The molecular weight excluding hydrogens is 170 g/mol. The number of nitrogens with one attached hydrogen (secondary N) is 1. The molecule has 0 aliphatic carbocycles. The third kappa shape index (κ3) is 6.93. The van der Waals surface area contributed by atoms with Crippen molar-refractivity contribution < 1.29 is 0 Å². The van der Waals surface area contributed by atoms with E-state index >= 15 is 0 Å². The predicted octanol–water partition coefficient (Wildman–Crippen LogP) is 2.89. The first-order valence-corrected chi connectivity index (χ1v) is 5.32. The Morgan fingerprint density at radius 2 is 1.75 bits per heavy atom. The van der Waals surface area contributed by atoms with E-state index < -0.39 is 0 Å². The first-order valence-electron chi connectivity index (χ1n) is 4.88. The normalized spacial score (nSPS) is 14.2. The lowest BCUT2D eigenvalue weighted by Gasteiger charge is -2.14. The maximum absolute atomic E-state index is 6.07. The van der Waals surface area contributed by atoms with Crippen LogP contribution in [0.2, 0.25) is 0 Å². The molecule has 0 fully saturated rings. The third-order valence-corrected chi connectivity index (χ3v) is 2.62. The Morgan fingerprint density at radius 1 is 1.17 bits per heavy atom. The van der Waals surface area contributed by atoms with Crippen molar-refractivity contribution in [3.05, 3.63) is 0 Å². The molecule has 0 aromatic carbocycles. The minimum Gasteiger partial charge on any atom is -0.315 e. The summed E-state index contributed by atoms with van der Waals surface area (Å²) in [6, 6.07) is 0. The smallest absolute Gasteiger partial charge is 0.0483 e. The van der Waals surface area contributed by atoms with Crippen LogP contribution in [0.25, 0.3) is 0 Å². The molecule has 0 bridgehead atoms. The van der Waals surface area contributed by atoms with E-state index in [0.29, 0.717) is 5.92 Å². The Hall–Kier alpha value is 0.250. The molecule has 12 heavy (non-hydrogen) atoms. The van der Waals surface area contributed by atoms with Crippen molar-refractivity contribution in [3.8, 4) is 0 Å². The topological polar surface area (TPSA) is 12.0 Å². The molecule has 0 rings (SSSR count). The number of rotatable bonds is 6. The van der Waals surface area contributed by atoms with Crippen LogP contribution in [0.1, 0.15) is 34.1 Å². The van der Waals surface area contributed by atoms with Gasteiger partial charge in [-0.25, -0.2) is 0 Å². The average molecular weight is 192 g/mol. The maximum atomic E-state index is 6.07. The second-order valence-electron chi connectivity index (χ2n) is 4.15. The van der Waals surface area contributed by atoms with Crippen LogP contribution in [-0.2, 0) is 0 Å². The summed E-state index contributed by atoms with van der Waals surface area (Å²) < 4.78 is 0. The molecule has 74 valence electrons. The van der Waals surface area contributed by atoms with Crippen molar-refractivity contribution in [2.24, 2.45) is 11.8 Å². The number of hydrogen-bond acceptors (Lipinski definition) is 1. The van der Waals surface area contributed by atoms with E-state index in [1.54, 1.807) is 0 Å². The summed E-state index contributed by atoms with van der Waals surface area (Å²) in [6.45, 7) is 10.8. The van der Waals surface area contributed by atoms with Crippen molar-refractivity contribution in [2.45, 2.75) is 39.5 Å². The van der Waals surface area contributed by atoms with Gasteiger partial charge in [0.05, 0.1) is 0 Å². The van der Waals surface area contributed by atoms with Crippen LogP contribution < -0.4 is 5.32 Å². The zero-order valence-corrected chi connectivity index (χ0v) is 9.49. The first-order chi connectivity index (χ1) is 5.54. The molecule has 0 spiro atoms. The van der Waals surface area contributed by atoms with Crippen LogP contribution in [0.3, 0.4) is 0 Å². The fourth-order valence-corrected chi connectivity index (χ4v) is 0.975. The Labute approximate surface area is 81.9 Å².